The minimum Gasteiger partial charge on any atom is -0.444 e. The van der Waals surface area contributed by atoms with E-state index in [1.165, 1.54) is 0 Å². The van der Waals surface area contributed by atoms with E-state index in [1.54, 1.807) is 19.2 Å². The van der Waals surface area contributed by atoms with Crippen LogP contribution >= 0.6 is 0 Å². The lowest BCUT2D eigenvalue weighted by Gasteiger charge is -2.34. The highest BCUT2D eigenvalue weighted by Gasteiger charge is 2.30. The first-order valence-corrected chi connectivity index (χ1v) is 17.3. The molecule has 1 aromatic heterocycles. The van der Waals surface area contributed by atoms with Gasteiger partial charge in [0.2, 0.25) is 11.8 Å². The number of aryl methyl sites for hydroxylation is 1. The highest BCUT2D eigenvalue weighted by atomic mass is 16.6. The van der Waals surface area contributed by atoms with Crippen LogP contribution < -0.4 is 10.6 Å². The van der Waals surface area contributed by atoms with Crippen LogP contribution in [0.3, 0.4) is 0 Å². The molecule has 0 saturated carbocycles. The van der Waals surface area contributed by atoms with Crippen molar-refractivity contribution in [2.24, 2.45) is 0 Å². The number of hydrogen-bond donors (Lipinski definition) is 3. The zero-order valence-corrected chi connectivity index (χ0v) is 29.5. The lowest BCUT2D eigenvalue weighted by Crippen LogP contribution is -2.46. The zero-order valence-electron chi connectivity index (χ0n) is 29.5. The number of carbonyl (C=O) groups excluding carboxylic acids is 3. The molecule has 2 unspecified atom stereocenters. The van der Waals surface area contributed by atoms with Crippen LogP contribution in [0.4, 0.5) is 10.5 Å². The number of piperidine rings is 1. The van der Waals surface area contributed by atoms with Gasteiger partial charge in [-0.1, -0.05) is 48.5 Å². The Bertz CT molecular complexity index is 1750. The van der Waals surface area contributed by atoms with E-state index in [9.17, 15) is 14.4 Å². The van der Waals surface area contributed by atoms with Crippen LogP contribution in [0.5, 0.6) is 0 Å². The number of hydrogen-bond acceptors (Lipinski definition) is 7. The van der Waals surface area contributed by atoms with Crippen LogP contribution in [0.15, 0.2) is 72.8 Å². The molecule has 50 heavy (non-hydrogen) atoms. The summed E-state index contributed by atoms with van der Waals surface area (Å²) in [5.41, 5.74) is 4.89. The summed E-state index contributed by atoms with van der Waals surface area (Å²) in [5, 5.41) is 14.6. The molecule has 1 aliphatic rings. The number of likely N-dealkylation sites (tertiary alicyclic amines) is 1. The molecule has 1 fully saturated rings. The Morgan fingerprint density at radius 3 is 2.38 bits per heavy atom. The fourth-order valence-electron chi connectivity index (χ4n) is 6.47. The van der Waals surface area contributed by atoms with Gasteiger partial charge in [-0.25, -0.2) is 9.78 Å². The maximum atomic E-state index is 13.9. The summed E-state index contributed by atoms with van der Waals surface area (Å²) in [6, 6.07) is 23.0. The fraction of sp³-hybridized carbons (Fsp3) is 0.436. The number of carbonyl (C=O) groups is 3. The molecule has 3 amide bonds. The van der Waals surface area contributed by atoms with Crippen molar-refractivity contribution in [3.05, 3.63) is 84.2 Å². The number of methoxy groups -OCH3 is 1. The quantitative estimate of drug-likeness (QED) is 0.149. The SMILES string of the molecule is COCCCn1c(C2CCCN(C(=O)CC(Cc3ccc(-c4ccc(NC(=O)CO)cc4)cc3)NC(=O)OC(C)(C)C)C2)nc2ccccc21. The molecule has 2 atom stereocenters. The Labute approximate surface area is 294 Å². The van der Waals surface area contributed by atoms with Crippen molar-refractivity contribution < 1.29 is 29.0 Å². The first-order chi connectivity index (χ1) is 24.0. The molecule has 3 aromatic carbocycles. The average molecular weight is 684 g/mol. The number of imidazole rings is 1. The molecule has 11 heteroatoms. The molecule has 5 rings (SSSR count). The van der Waals surface area contributed by atoms with Crippen LogP contribution in [-0.4, -0.2) is 82.5 Å². The summed E-state index contributed by atoms with van der Waals surface area (Å²) in [4.78, 5) is 45.3. The molecule has 11 nitrogen and oxygen atoms in total. The highest BCUT2D eigenvalue weighted by molar-refractivity contribution is 5.91. The van der Waals surface area contributed by atoms with Crippen molar-refractivity contribution in [1.29, 1.82) is 0 Å². The van der Waals surface area contributed by atoms with Crippen molar-refractivity contribution in [2.45, 2.75) is 77.0 Å². The monoisotopic (exact) mass is 683 g/mol. The number of ether oxygens (including phenoxy) is 2. The van der Waals surface area contributed by atoms with Gasteiger partial charge in [-0.3, -0.25) is 9.59 Å². The van der Waals surface area contributed by atoms with Crippen LogP contribution in [0.1, 0.15) is 63.8 Å². The number of aliphatic hydroxyl groups excluding tert-OH is 1. The first-order valence-electron chi connectivity index (χ1n) is 17.3. The van der Waals surface area contributed by atoms with Gasteiger partial charge in [0.1, 0.15) is 18.0 Å². The summed E-state index contributed by atoms with van der Waals surface area (Å²) in [6.07, 6.45) is 2.72. The number of benzene rings is 3. The Balaban J connectivity index is 1.29. The summed E-state index contributed by atoms with van der Waals surface area (Å²) >= 11 is 0. The number of fused-ring (bicyclic) bond motifs is 1. The van der Waals surface area contributed by atoms with Gasteiger partial charge in [0.05, 0.1) is 11.0 Å². The lowest BCUT2D eigenvalue weighted by atomic mass is 9.95. The fourth-order valence-corrected chi connectivity index (χ4v) is 6.47. The van der Waals surface area contributed by atoms with Crippen LogP contribution in [-0.2, 0) is 32.0 Å². The molecule has 0 spiro atoms. The van der Waals surface area contributed by atoms with Crippen molar-refractivity contribution >= 4 is 34.6 Å². The van der Waals surface area contributed by atoms with E-state index in [0.717, 1.165) is 59.4 Å². The third-order valence-electron chi connectivity index (χ3n) is 8.78. The summed E-state index contributed by atoms with van der Waals surface area (Å²) in [5.74, 6) is 0.632. The topological polar surface area (TPSA) is 135 Å². The number of rotatable bonds is 13. The molecule has 1 saturated heterocycles. The van der Waals surface area contributed by atoms with Crippen molar-refractivity contribution in [3.8, 4) is 11.1 Å². The summed E-state index contributed by atoms with van der Waals surface area (Å²) < 4.78 is 13.2. The zero-order chi connectivity index (χ0) is 35.7. The second-order valence-corrected chi connectivity index (χ2v) is 13.9. The third-order valence-corrected chi connectivity index (χ3v) is 8.78. The standard InChI is InChI=1S/C39H49N5O6/c1-39(2,3)50-38(48)41-32(23-27-12-14-28(15-13-27)29-16-18-31(19-17-29)40-35(46)26-45)24-36(47)43-20-7-9-30(25-43)37-42-33-10-5-6-11-34(33)44(37)21-8-22-49-4/h5-6,10-19,30,32,45H,7-9,20-26H2,1-4H3,(H,40,46)(H,41,48). The summed E-state index contributed by atoms with van der Waals surface area (Å²) in [7, 11) is 1.71. The van der Waals surface area contributed by atoms with E-state index in [4.69, 9.17) is 19.6 Å². The van der Waals surface area contributed by atoms with E-state index in [-0.39, 0.29) is 18.2 Å². The van der Waals surface area contributed by atoms with E-state index in [1.807, 2.05) is 80.3 Å². The van der Waals surface area contributed by atoms with Crippen molar-refractivity contribution in [1.82, 2.24) is 19.8 Å². The van der Waals surface area contributed by atoms with Crippen LogP contribution in [0, 0.1) is 0 Å². The number of nitrogens with zero attached hydrogens (tertiary/aromatic N) is 3. The molecule has 266 valence electrons. The molecule has 0 radical (unpaired) electrons. The van der Waals surface area contributed by atoms with E-state index >= 15 is 0 Å². The third kappa shape index (κ3) is 9.92. The highest BCUT2D eigenvalue weighted by Crippen LogP contribution is 2.30. The molecule has 4 aromatic rings. The maximum absolute atomic E-state index is 13.9. The number of alkyl carbamates (subject to hydrolysis) is 1. The number of amides is 3. The number of aliphatic hydroxyl groups is 1. The molecule has 0 bridgehead atoms. The normalized spacial score (nSPS) is 15.5. The molecular formula is C39H49N5O6. The predicted octanol–water partition coefficient (Wildman–Crippen LogP) is 5.90. The maximum Gasteiger partial charge on any atom is 0.407 e. The number of anilines is 1. The molecule has 0 aliphatic carbocycles. The molecular weight excluding hydrogens is 634 g/mol. The number of para-hydroxylation sites is 2. The molecule has 1 aliphatic heterocycles. The predicted molar refractivity (Wildman–Crippen MR) is 194 cm³/mol. The minimum absolute atomic E-state index is 0.0113. The van der Waals surface area contributed by atoms with Gasteiger partial charge in [-0.05, 0) is 87.4 Å². The van der Waals surface area contributed by atoms with Crippen LogP contribution in [0.2, 0.25) is 0 Å². The van der Waals surface area contributed by atoms with Gasteiger partial charge in [0, 0.05) is 57.4 Å². The van der Waals surface area contributed by atoms with Gasteiger partial charge >= 0.3 is 6.09 Å². The minimum atomic E-state index is -0.675. The Morgan fingerprint density at radius 2 is 1.70 bits per heavy atom. The Kier molecular flexibility index (Phi) is 12.3. The smallest absolute Gasteiger partial charge is 0.407 e. The number of nitrogens with one attached hydrogen (secondary N) is 2. The van der Waals surface area contributed by atoms with Gasteiger partial charge in [-0.2, -0.15) is 0 Å². The van der Waals surface area contributed by atoms with Gasteiger partial charge in [0.15, 0.2) is 0 Å². The molecule has 3 N–H and O–H groups in total. The Hall–Kier alpha value is -4.74. The van der Waals surface area contributed by atoms with E-state index < -0.39 is 30.3 Å². The van der Waals surface area contributed by atoms with Gasteiger partial charge in [-0.15, -0.1) is 0 Å². The lowest BCUT2D eigenvalue weighted by molar-refractivity contribution is -0.133. The second kappa shape index (κ2) is 16.8. The average Bonchev–Trinajstić information content (AvgIpc) is 3.46. The van der Waals surface area contributed by atoms with E-state index in [0.29, 0.717) is 31.8 Å². The Morgan fingerprint density at radius 1 is 1.00 bits per heavy atom. The number of aromatic nitrogens is 2. The largest absolute Gasteiger partial charge is 0.444 e. The van der Waals surface area contributed by atoms with Crippen LogP contribution in [0.25, 0.3) is 22.2 Å². The summed E-state index contributed by atoms with van der Waals surface area (Å²) in [6.45, 7) is 7.56. The first kappa shape index (κ1) is 36.5. The van der Waals surface area contributed by atoms with Gasteiger partial charge in [0.25, 0.3) is 0 Å². The van der Waals surface area contributed by atoms with Crippen molar-refractivity contribution in [2.75, 3.05) is 38.7 Å². The van der Waals surface area contributed by atoms with Crippen molar-refractivity contribution in [3.63, 3.8) is 0 Å². The molecule has 2 heterocycles. The van der Waals surface area contributed by atoms with Gasteiger partial charge < -0.3 is 34.7 Å². The van der Waals surface area contributed by atoms with E-state index in [2.05, 4.69) is 21.3 Å². The second-order valence-electron chi connectivity index (χ2n) is 13.9.